The van der Waals surface area contributed by atoms with Crippen LogP contribution in [-0.4, -0.2) is 25.7 Å². The third-order valence-corrected chi connectivity index (χ3v) is 5.05. The monoisotopic (exact) mass is 284 g/mol. The first kappa shape index (κ1) is 14.3. The van der Waals surface area contributed by atoms with Crippen LogP contribution in [0.25, 0.3) is 0 Å². The van der Waals surface area contributed by atoms with Gasteiger partial charge in [0.2, 0.25) is 10.0 Å². The van der Waals surface area contributed by atoms with E-state index in [9.17, 15) is 13.5 Å². The summed E-state index contributed by atoms with van der Waals surface area (Å²) in [7, 11) is -3.68. The van der Waals surface area contributed by atoms with Crippen LogP contribution < -0.4 is 10.5 Å². The summed E-state index contributed by atoms with van der Waals surface area (Å²) in [6.45, 7) is 1.85. The van der Waals surface area contributed by atoms with Crippen LogP contribution >= 0.6 is 0 Å². The third-order valence-electron chi connectivity index (χ3n) is 3.49. The molecule has 1 aliphatic rings. The Bertz CT molecular complexity index is 557. The molecule has 1 fully saturated rings. The lowest BCUT2D eigenvalue weighted by Crippen LogP contribution is -2.45. The fourth-order valence-corrected chi connectivity index (χ4v) is 3.84. The van der Waals surface area contributed by atoms with E-state index in [0.29, 0.717) is 12.8 Å². The lowest BCUT2D eigenvalue weighted by molar-refractivity contribution is 0.101. The number of nitrogens with two attached hydrogens (primary N) is 1. The second-order valence-electron chi connectivity index (χ2n) is 5.12. The van der Waals surface area contributed by atoms with Gasteiger partial charge in [-0.2, -0.15) is 0 Å². The molecule has 106 valence electrons. The van der Waals surface area contributed by atoms with Crippen LogP contribution in [0, 0.1) is 6.92 Å². The highest BCUT2D eigenvalue weighted by Gasteiger charge is 2.28. The molecule has 0 radical (unpaired) electrons. The second-order valence-corrected chi connectivity index (χ2v) is 6.80. The quantitative estimate of drug-likeness (QED) is 0.726. The van der Waals surface area contributed by atoms with Crippen LogP contribution in [0.5, 0.6) is 0 Å². The standard InChI is InChI=1S/C13H20N2O3S/c1-9-6-7-13(10(14)8-9)19(17,18)15-11-4-2-3-5-12(11)16/h6-8,11-12,15-16H,2-5,14H2,1H3. The normalized spacial score (nSPS) is 24.3. The Morgan fingerprint density at radius 2 is 2.00 bits per heavy atom. The number of rotatable bonds is 3. The van der Waals surface area contributed by atoms with Crippen LogP contribution in [0.15, 0.2) is 23.1 Å². The van der Waals surface area contributed by atoms with Crippen molar-refractivity contribution >= 4 is 15.7 Å². The smallest absolute Gasteiger partial charge is 0.242 e. The maximum Gasteiger partial charge on any atom is 0.242 e. The molecular weight excluding hydrogens is 264 g/mol. The number of aliphatic hydroxyl groups is 1. The summed E-state index contributed by atoms with van der Waals surface area (Å²) in [5, 5.41) is 9.83. The summed E-state index contributed by atoms with van der Waals surface area (Å²) in [6.07, 6.45) is 2.54. The Labute approximate surface area is 113 Å². The molecule has 0 amide bonds. The highest BCUT2D eigenvalue weighted by Crippen LogP contribution is 2.23. The Kier molecular flexibility index (Phi) is 4.13. The minimum atomic E-state index is -3.68. The molecule has 0 heterocycles. The van der Waals surface area contributed by atoms with Crippen molar-refractivity contribution in [3.05, 3.63) is 23.8 Å². The molecule has 1 aliphatic carbocycles. The van der Waals surface area contributed by atoms with Crippen molar-refractivity contribution in [2.24, 2.45) is 0 Å². The van der Waals surface area contributed by atoms with Crippen molar-refractivity contribution in [1.29, 1.82) is 0 Å². The zero-order chi connectivity index (χ0) is 14.0. The SMILES string of the molecule is Cc1ccc(S(=O)(=O)NC2CCCCC2O)c(N)c1. The summed E-state index contributed by atoms with van der Waals surface area (Å²) >= 11 is 0. The maximum atomic E-state index is 12.3. The molecule has 2 rings (SSSR count). The fraction of sp³-hybridized carbons (Fsp3) is 0.538. The molecule has 6 heteroatoms. The average molecular weight is 284 g/mol. The van der Waals surface area contributed by atoms with E-state index in [2.05, 4.69) is 4.72 Å². The minimum Gasteiger partial charge on any atom is -0.398 e. The molecule has 0 aromatic heterocycles. The molecule has 0 aliphatic heterocycles. The average Bonchev–Trinajstić information content (AvgIpc) is 2.31. The number of nitrogens with one attached hydrogen (secondary N) is 1. The topological polar surface area (TPSA) is 92.4 Å². The van der Waals surface area contributed by atoms with E-state index in [1.54, 1.807) is 12.1 Å². The summed E-state index contributed by atoms with van der Waals surface area (Å²) in [4.78, 5) is 0.0795. The Balaban J connectivity index is 2.22. The molecule has 1 saturated carbocycles. The Hall–Kier alpha value is -1.11. The van der Waals surface area contributed by atoms with Crippen molar-refractivity contribution in [2.45, 2.75) is 49.6 Å². The van der Waals surface area contributed by atoms with E-state index in [1.807, 2.05) is 6.92 Å². The summed E-state index contributed by atoms with van der Waals surface area (Å²) in [6, 6.07) is 4.43. The highest BCUT2D eigenvalue weighted by molar-refractivity contribution is 7.89. The van der Waals surface area contributed by atoms with E-state index >= 15 is 0 Å². The Morgan fingerprint density at radius 3 is 2.63 bits per heavy atom. The predicted octanol–water partition coefficient (Wildman–Crippen LogP) is 1.16. The van der Waals surface area contributed by atoms with Gasteiger partial charge in [-0.05, 0) is 37.5 Å². The zero-order valence-corrected chi connectivity index (χ0v) is 11.8. The van der Waals surface area contributed by atoms with Gasteiger partial charge in [-0.1, -0.05) is 18.9 Å². The first-order chi connectivity index (χ1) is 8.90. The van der Waals surface area contributed by atoms with E-state index in [4.69, 9.17) is 5.73 Å². The van der Waals surface area contributed by atoms with Crippen LogP contribution in [0.1, 0.15) is 31.2 Å². The summed E-state index contributed by atoms with van der Waals surface area (Å²) < 4.78 is 27.1. The fourth-order valence-electron chi connectivity index (χ4n) is 2.42. The maximum absolute atomic E-state index is 12.3. The summed E-state index contributed by atoms with van der Waals surface area (Å²) in [5.74, 6) is 0. The van der Waals surface area contributed by atoms with E-state index in [0.717, 1.165) is 18.4 Å². The predicted molar refractivity (Wildman–Crippen MR) is 74.2 cm³/mol. The number of hydrogen-bond donors (Lipinski definition) is 3. The molecule has 0 spiro atoms. The van der Waals surface area contributed by atoms with Gasteiger partial charge in [-0.15, -0.1) is 0 Å². The van der Waals surface area contributed by atoms with Crippen molar-refractivity contribution in [2.75, 3.05) is 5.73 Å². The van der Waals surface area contributed by atoms with Gasteiger partial charge in [-0.25, -0.2) is 13.1 Å². The molecule has 19 heavy (non-hydrogen) atoms. The van der Waals surface area contributed by atoms with Gasteiger partial charge < -0.3 is 10.8 Å². The molecule has 0 saturated heterocycles. The molecule has 0 bridgehead atoms. The van der Waals surface area contributed by atoms with Gasteiger partial charge in [0, 0.05) is 6.04 Å². The van der Waals surface area contributed by atoms with Gasteiger partial charge in [-0.3, -0.25) is 0 Å². The van der Waals surface area contributed by atoms with Crippen molar-refractivity contribution in [3.63, 3.8) is 0 Å². The number of aliphatic hydroxyl groups excluding tert-OH is 1. The van der Waals surface area contributed by atoms with E-state index in [-0.39, 0.29) is 10.6 Å². The van der Waals surface area contributed by atoms with Gasteiger partial charge >= 0.3 is 0 Å². The van der Waals surface area contributed by atoms with Crippen LogP contribution in [0.2, 0.25) is 0 Å². The first-order valence-corrected chi connectivity index (χ1v) is 7.95. The van der Waals surface area contributed by atoms with Gasteiger partial charge in [0.05, 0.1) is 11.8 Å². The molecule has 1 aromatic rings. The largest absolute Gasteiger partial charge is 0.398 e. The molecule has 4 N–H and O–H groups in total. The third kappa shape index (κ3) is 3.26. The highest BCUT2D eigenvalue weighted by atomic mass is 32.2. The van der Waals surface area contributed by atoms with E-state index in [1.165, 1.54) is 6.07 Å². The second kappa shape index (κ2) is 5.48. The van der Waals surface area contributed by atoms with Crippen LogP contribution in [-0.2, 0) is 10.0 Å². The number of nitrogen functional groups attached to an aromatic ring is 1. The molecular formula is C13H20N2O3S. The number of sulfonamides is 1. The minimum absolute atomic E-state index is 0.0795. The lowest BCUT2D eigenvalue weighted by atomic mass is 9.93. The molecule has 5 nitrogen and oxygen atoms in total. The number of benzene rings is 1. The number of hydrogen-bond acceptors (Lipinski definition) is 4. The molecule has 2 atom stereocenters. The van der Waals surface area contributed by atoms with Crippen molar-refractivity contribution in [1.82, 2.24) is 4.72 Å². The van der Waals surface area contributed by atoms with Crippen LogP contribution in [0.3, 0.4) is 0 Å². The first-order valence-electron chi connectivity index (χ1n) is 6.46. The van der Waals surface area contributed by atoms with E-state index < -0.39 is 22.2 Å². The number of anilines is 1. The number of aryl methyl sites for hydroxylation is 1. The lowest BCUT2D eigenvalue weighted by Gasteiger charge is -2.28. The van der Waals surface area contributed by atoms with Gasteiger partial charge in [0.15, 0.2) is 0 Å². The zero-order valence-electron chi connectivity index (χ0n) is 11.0. The Morgan fingerprint density at radius 1 is 1.32 bits per heavy atom. The van der Waals surface area contributed by atoms with Crippen LogP contribution in [0.4, 0.5) is 5.69 Å². The van der Waals surface area contributed by atoms with Crippen molar-refractivity contribution < 1.29 is 13.5 Å². The van der Waals surface area contributed by atoms with Crippen molar-refractivity contribution in [3.8, 4) is 0 Å². The summed E-state index contributed by atoms with van der Waals surface area (Å²) in [5.41, 5.74) is 6.91. The molecule has 2 unspecified atom stereocenters. The van der Waals surface area contributed by atoms with Gasteiger partial charge in [0.25, 0.3) is 0 Å². The van der Waals surface area contributed by atoms with Gasteiger partial charge in [0.1, 0.15) is 4.90 Å². The molecule has 1 aromatic carbocycles.